The highest BCUT2D eigenvalue weighted by atomic mass is 19.4. The first kappa shape index (κ1) is 16.3. The molecule has 0 atom stereocenters. The average Bonchev–Trinajstić information content (AvgIpc) is 2.93. The first-order valence-corrected chi connectivity index (χ1v) is 7.68. The first-order chi connectivity index (χ1) is 11.4. The molecular formula is C17H17F3N4. The van der Waals surface area contributed by atoms with Gasteiger partial charge >= 0.3 is 6.18 Å². The van der Waals surface area contributed by atoms with E-state index in [2.05, 4.69) is 15.4 Å². The summed E-state index contributed by atoms with van der Waals surface area (Å²) < 4.78 is 41.8. The zero-order valence-electron chi connectivity index (χ0n) is 13.4. The van der Waals surface area contributed by atoms with E-state index in [0.29, 0.717) is 23.6 Å². The summed E-state index contributed by atoms with van der Waals surface area (Å²) in [4.78, 5) is 4.32. The molecule has 0 aliphatic carbocycles. The average molecular weight is 334 g/mol. The fourth-order valence-electron chi connectivity index (χ4n) is 2.59. The second-order valence-corrected chi connectivity index (χ2v) is 5.53. The number of hydrogen-bond acceptors (Lipinski definition) is 3. The Morgan fingerprint density at radius 2 is 1.88 bits per heavy atom. The van der Waals surface area contributed by atoms with Gasteiger partial charge in [0.25, 0.3) is 0 Å². The van der Waals surface area contributed by atoms with Crippen LogP contribution in [0.3, 0.4) is 0 Å². The van der Waals surface area contributed by atoms with Crippen molar-refractivity contribution in [2.45, 2.75) is 26.4 Å². The summed E-state index contributed by atoms with van der Waals surface area (Å²) in [6, 6.07) is 10.1. The summed E-state index contributed by atoms with van der Waals surface area (Å²) in [6.45, 7) is 4.38. The molecule has 3 rings (SSSR count). The van der Waals surface area contributed by atoms with Crippen molar-refractivity contribution in [1.29, 1.82) is 0 Å². The molecule has 0 saturated heterocycles. The standard InChI is InChI=1S/C17H17F3N4/c1-3-9-21-13-10-11(2)22-16-14(12-7-5-4-6-8-12)15(17(18,19)20)23-24(13)16/h4-8,10,21H,3,9H2,1-2H3. The minimum atomic E-state index is -4.56. The Morgan fingerprint density at radius 3 is 2.50 bits per heavy atom. The van der Waals surface area contributed by atoms with E-state index in [-0.39, 0.29) is 11.2 Å². The summed E-state index contributed by atoms with van der Waals surface area (Å²) in [5.74, 6) is 0.507. The molecule has 0 unspecified atom stereocenters. The van der Waals surface area contributed by atoms with E-state index in [1.54, 1.807) is 43.3 Å². The number of nitrogens with zero attached hydrogens (tertiary/aromatic N) is 3. The lowest BCUT2D eigenvalue weighted by Gasteiger charge is -2.08. The van der Waals surface area contributed by atoms with E-state index in [1.807, 2.05) is 6.92 Å². The fourth-order valence-corrected chi connectivity index (χ4v) is 2.59. The fraction of sp³-hybridized carbons (Fsp3) is 0.294. The quantitative estimate of drug-likeness (QED) is 0.761. The zero-order valence-corrected chi connectivity index (χ0v) is 13.4. The third kappa shape index (κ3) is 2.93. The molecule has 0 bridgehead atoms. The van der Waals surface area contributed by atoms with Crippen molar-refractivity contribution >= 4 is 11.5 Å². The number of halogens is 3. The van der Waals surface area contributed by atoms with Crippen molar-refractivity contribution in [3.05, 3.63) is 47.8 Å². The molecule has 0 radical (unpaired) electrons. The predicted octanol–water partition coefficient (Wildman–Crippen LogP) is 4.55. The molecule has 2 aromatic heterocycles. The van der Waals surface area contributed by atoms with Crippen molar-refractivity contribution in [3.63, 3.8) is 0 Å². The lowest BCUT2D eigenvalue weighted by atomic mass is 10.1. The molecule has 1 aromatic carbocycles. The summed E-state index contributed by atoms with van der Waals surface area (Å²) in [5, 5.41) is 6.94. The monoisotopic (exact) mass is 334 g/mol. The van der Waals surface area contributed by atoms with Gasteiger partial charge < -0.3 is 5.32 Å². The van der Waals surface area contributed by atoms with Gasteiger partial charge in [-0.15, -0.1) is 0 Å². The maximum absolute atomic E-state index is 13.5. The van der Waals surface area contributed by atoms with Crippen LogP contribution in [0.4, 0.5) is 19.0 Å². The van der Waals surface area contributed by atoms with E-state index in [1.165, 1.54) is 4.52 Å². The van der Waals surface area contributed by atoms with Crippen molar-refractivity contribution in [2.75, 3.05) is 11.9 Å². The second kappa shape index (κ2) is 6.14. The molecule has 1 N–H and O–H groups in total. The zero-order chi connectivity index (χ0) is 17.3. The molecule has 24 heavy (non-hydrogen) atoms. The van der Waals surface area contributed by atoms with Gasteiger partial charge in [-0.2, -0.15) is 22.8 Å². The van der Waals surface area contributed by atoms with Gasteiger partial charge in [-0.1, -0.05) is 37.3 Å². The van der Waals surface area contributed by atoms with Crippen LogP contribution < -0.4 is 5.32 Å². The highest BCUT2D eigenvalue weighted by Gasteiger charge is 2.39. The summed E-state index contributed by atoms with van der Waals surface area (Å²) in [5.41, 5.74) is 0.358. The minimum Gasteiger partial charge on any atom is -0.370 e. The van der Waals surface area contributed by atoms with Crippen LogP contribution in [0, 0.1) is 6.92 Å². The number of anilines is 1. The number of nitrogens with one attached hydrogen (secondary N) is 1. The van der Waals surface area contributed by atoms with E-state index in [9.17, 15) is 13.2 Å². The van der Waals surface area contributed by atoms with Gasteiger partial charge in [0.1, 0.15) is 5.82 Å². The molecule has 2 heterocycles. The summed E-state index contributed by atoms with van der Waals surface area (Å²) >= 11 is 0. The van der Waals surface area contributed by atoms with Crippen LogP contribution in [0.5, 0.6) is 0 Å². The maximum Gasteiger partial charge on any atom is 0.435 e. The Kier molecular flexibility index (Phi) is 4.17. The number of hydrogen-bond donors (Lipinski definition) is 1. The van der Waals surface area contributed by atoms with Gasteiger partial charge in [-0.05, 0) is 18.9 Å². The van der Waals surface area contributed by atoms with Crippen LogP contribution in [0.1, 0.15) is 24.7 Å². The summed E-state index contributed by atoms with van der Waals surface area (Å²) in [7, 11) is 0. The van der Waals surface area contributed by atoms with E-state index in [4.69, 9.17) is 0 Å². The van der Waals surface area contributed by atoms with Crippen LogP contribution in [0.15, 0.2) is 36.4 Å². The Morgan fingerprint density at radius 1 is 1.17 bits per heavy atom. The van der Waals surface area contributed by atoms with Crippen LogP contribution >= 0.6 is 0 Å². The molecule has 3 aromatic rings. The number of aryl methyl sites for hydroxylation is 1. The molecule has 4 nitrogen and oxygen atoms in total. The van der Waals surface area contributed by atoms with Crippen LogP contribution in [-0.4, -0.2) is 21.1 Å². The normalized spacial score (nSPS) is 11.9. The van der Waals surface area contributed by atoms with E-state index >= 15 is 0 Å². The minimum absolute atomic E-state index is 0.00588. The number of fused-ring (bicyclic) bond motifs is 1. The first-order valence-electron chi connectivity index (χ1n) is 7.68. The van der Waals surface area contributed by atoms with Gasteiger partial charge in [0.2, 0.25) is 0 Å². The molecule has 0 saturated carbocycles. The van der Waals surface area contributed by atoms with Crippen molar-refractivity contribution < 1.29 is 13.2 Å². The van der Waals surface area contributed by atoms with Crippen LogP contribution in [0.2, 0.25) is 0 Å². The third-order valence-electron chi connectivity index (χ3n) is 3.60. The Balaban J connectivity index is 2.33. The number of rotatable bonds is 4. The third-order valence-corrected chi connectivity index (χ3v) is 3.60. The van der Waals surface area contributed by atoms with Crippen molar-refractivity contribution in [1.82, 2.24) is 14.6 Å². The molecule has 0 fully saturated rings. The predicted molar refractivity (Wildman–Crippen MR) is 86.9 cm³/mol. The van der Waals surface area contributed by atoms with Gasteiger partial charge in [0.15, 0.2) is 11.3 Å². The van der Waals surface area contributed by atoms with Crippen molar-refractivity contribution in [3.8, 4) is 11.1 Å². The van der Waals surface area contributed by atoms with Gasteiger partial charge in [0.05, 0.1) is 5.56 Å². The van der Waals surface area contributed by atoms with Gasteiger partial charge in [-0.3, -0.25) is 0 Å². The Hall–Kier alpha value is -2.57. The molecule has 7 heteroatoms. The molecule has 0 aliphatic rings. The second-order valence-electron chi connectivity index (χ2n) is 5.53. The number of alkyl halides is 3. The van der Waals surface area contributed by atoms with Gasteiger partial charge in [0, 0.05) is 18.3 Å². The molecule has 126 valence electrons. The van der Waals surface area contributed by atoms with E-state index < -0.39 is 11.9 Å². The molecule has 0 amide bonds. The number of aromatic nitrogens is 3. The van der Waals surface area contributed by atoms with E-state index in [0.717, 1.165) is 6.42 Å². The smallest absolute Gasteiger partial charge is 0.370 e. The van der Waals surface area contributed by atoms with Gasteiger partial charge in [-0.25, -0.2) is 4.98 Å². The molecular weight excluding hydrogens is 317 g/mol. The highest BCUT2D eigenvalue weighted by Crippen LogP contribution is 2.39. The molecule has 0 aliphatic heterocycles. The highest BCUT2D eigenvalue weighted by molar-refractivity contribution is 5.81. The van der Waals surface area contributed by atoms with Crippen LogP contribution in [-0.2, 0) is 6.18 Å². The largest absolute Gasteiger partial charge is 0.435 e. The number of benzene rings is 1. The molecule has 0 spiro atoms. The topological polar surface area (TPSA) is 42.2 Å². The van der Waals surface area contributed by atoms with Crippen LogP contribution in [0.25, 0.3) is 16.8 Å². The SMILES string of the molecule is CCCNc1cc(C)nc2c(-c3ccccc3)c(C(F)(F)F)nn12. The lowest BCUT2D eigenvalue weighted by Crippen LogP contribution is -2.09. The Labute approximate surface area is 137 Å². The maximum atomic E-state index is 13.5. The van der Waals surface area contributed by atoms with Crippen molar-refractivity contribution in [2.24, 2.45) is 0 Å². The lowest BCUT2D eigenvalue weighted by molar-refractivity contribution is -0.140. The Bertz CT molecular complexity index is 854. The summed E-state index contributed by atoms with van der Waals surface area (Å²) in [6.07, 6.45) is -3.71.